The summed E-state index contributed by atoms with van der Waals surface area (Å²) in [6.07, 6.45) is 2.00. The number of nitrogens with two attached hydrogens (primary N) is 1. The van der Waals surface area contributed by atoms with E-state index in [1.807, 2.05) is 0 Å². The molecule has 0 spiro atoms. The number of amides is 1. The zero-order chi connectivity index (χ0) is 15.6. The Kier molecular flexibility index (Phi) is 4.57. The maximum absolute atomic E-state index is 12.7. The Labute approximate surface area is 124 Å². The van der Waals surface area contributed by atoms with Gasteiger partial charge in [-0.15, -0.1) is 0 Å². The molecule has 6 heteroatoms. The predicted octanol–water partition coefficient (Wildman–Crippen LogP) is 2.10. The SMILES string of the molecule is Cc1cc(C(=O)N2CCCC(C)C2CN)cc([N+](=O)[O-])c1. The Morgan fingerprint density at radius 1 is 1.48 bits per heavy atom. The van der Waals surface area contributed by atoms with Gasteiger partial charge in [0.1, 0.15) is 0 Å². The molecule has 2 atom stereocenters. The Balaban J connectivity index is 2.32. The monoisotopic (exact) mass is 291 g/mol. The molecule has 1 fully saturated rings. The fourth-order valence-electron chi connectivity index (χ4n) is 3.02. The van der Waals surface area contributed by atoms with Gasteiger partial charge < -0.3 is 10.6 Å². The first-order valence-corrected chi connectivity index (χ1v) is 7.21. The molecule has 2 N–H and O–H groups in total. The van der Waals surface area contributed by atoms with Crippen molar-refractivity contribution >= 4 is 11.6 Å². The molecule has 1 saturated heterocycles. The second kappa shape index (κ2) is 6.22. The first-order valence-electron chi connectivity index (χ1n) is 7.21. The van der Waals surface area contributed by atoms with Crippen LogP contribution >= 0.6 is 0 Å². The molecule has 0 aromatic heterocycles. The van der Waals surface area contributed by atoms with E-state index in [0.29, 0.717) is 30.1 Å². The zero-order valence-electron chi connectivity index (χ0n) is 12.4. The number of hydrogen-bond donors (Lipinski definition) is 1. The highest BCUT2D eigenvalue weighted by molar-refractivity contribution is 5.95. The molecule has 2 rings (SSSR count). The minimum absolute atomic E-state index is 0.00539. The van der Waals surface area contributed by atoms with Crippen LogP contribution in [0.15, 0.2) is 18.2 Å². The zero-order valence-corrected chi connectivity index (χ0v) is 12.4. The van der Waals surface area contributed by atoms with Crippen LogP contribution in [0.5, 0.6) is 0 Å². The van der Waals surface area contributed by atoms with Crippen LogP contribution in [0.1, 0.15) is 35.7 Å². The number of aryl methyl sites for hydroxylation is 1. The number of carbonyl (C=O) groups excluding carboxylic acids is 1. The number of nitro groups is 1. The summed E-state index contributed by atoms with van der Waals surface area (Å²) in [6.45, 7) is 4.92. The number of non-ortho nitro benzene ring substituents is 1. The molecule has 1 aromatic carbocycles. The Bertz CT molecular complexity index is 559. The first-order chi connectivity index (χ1) is 9.93. The van der Waals surface area contributed by atoms with Crippen molar-refractivity contribution in [2.24, 2.45) is 11.7 Å². The van der Waals surface area contributed by atoms with Crippen molar-refractivity contribution in [3.63, 3.8) is 0 Å². The molecule has 0 aliphatic carbocycles. The fraction of sp³-hybridized carbons (Fsp3) is 0.533. The molecule has 1 amide bonds. The van der Waals surface area contributed by atoms with Crippen molar-refractivity contribution in [3.8, 4) is 0 Å². The van der Waals surface area contributed by atoms with E-state index in [2.05, 4.69) is 6.92 Å². The van der Waals surface area contributed by atoms with Gasteiger partial charge in [0, 0.05) is 36.8 Å². The Morgan fingerprint density at radius 3 is 2.81 bits per heavy atom. The van der Waals surface area contributed by atoms with Gasteiger partial charge in [-0.05, 0) is 37.3 Å². The van der Waals surface area contributed by atoms with E-state index in [4.69, 9.17) is 5.73 Å². The van der Waals surface area contributed by atoms with E-state index in [0.717, 1.165) is 12.8 Å². The summed E-state index contributed by atoms with van der Waals surface area (Å²) in [4.78, 5) is 24.9. The predicted molar refractivity (Wildman–Crippen MR) is 80.1 cm³/mol. The smallest absolute Gasteiger partial charge is 0.270 e. The van der Waals surface area contributed by atoms with Crippen molar-refractivity contribution in [3.05, 3.63) is 39.4 Å². The number of rotatable bonds is 3. The third-order valence-electron chi connectivity index (χ3n) is 4.14. The highest BCUT2D eigenvalue weighted by atomic mass is 16.6. The van der Waals surface area contributed by atoms with Gasteiger partial charge >= 0.3 is 0 Å². The molecular weight excluding hydrogens is 270 g/mol. The van der Waals surface area contributed by atoms with Gasteiger partial charge in [-0.1, -0.05) is 6.92 Å². The molecule has 1 aromatic rings. The highest BCUT2D eigenvalue weighted by Gasteiger charge is 2.31. The molecule has 2 unspecified atom stereocenters. The van der Waals surface area contributed by atoms with Gasteiger partial charge in [-0.2, -0.15) is 0 Å². The van der Waals surface area contributed by atoms with E-state index in [-0.39, 0.29) is 17.6 Å². The summed E-state index contributed by atoms with van der Waals surface area (Å²) in [5.41, 5.74) is 6.84. The largest absolute Gasteiger partial charge is 0.334 e. The van der Waals surface area contributed by atoms with Gasteiger partial charge in [0.25, 0.3) is 11.6 Å². The van der Waals surface area contributed by atoms with E-state index in [1.54, 1.807) is 17.9 Å². The summed E-state index contributed by atoms with van der Waals surface area (Å²) < 4.78 is 0. The number of nitrogens with zero attached hydrogens (tertiary/aromatic N) is 2. The lowest BCUT2D eigenvalue weighted by atomic mass is 9.90. The summed E-state index contributed by atoms with van der Waals surface area (Å²) in [5, 5.41) is 10.9. The van der Waals surface area contributed by atoms with Crippen molar-refractivity contribution in [2.75, 3.05) is 13.1 Å². The summed E-state index contributed by atoms with van der Waals surface area (Å²) in [6, 6.07) is 4.52. The van der Waals surface area contributed by atoms with Crippen LogP contribution in [-0.4, -0.2) is 34.9 Å². The van der Waals surface area contributed by atoms with Gasteiger partial charge in [-0.3, -0.25) is 14.9 Å². The topological polar surface area (TPSA) is 89.5 Å². The lowest BCUT2D eigenvalue weighted by Crippen LogP contribution is -2.51. The molecule has 6 nitrogen and oxygen atoms in total. The molecule has 1 aliphatic rings. The molecule has 0 bridgehead atoms. The second-order valence-electron chi connectivity index (χ2n) is 5.74. The average molecular weight is 291 g/mol. The number of benzene rings is 1. The Morgan fingerprint density at radius 2 is 2.19 bits per heavy atom. The molecule has 1 heterocycles. The number of likely N-dealkylation sites (tertiary alicyclic amines) is 1. The van der Waals surface area contributed by atoms with Gasteiger partial charge in [-0.25, -0.2) is 0 Å². The van der Waals surface area contributed by atoms with Crippen LogP contribution in [0.25, 0.3) is 0 Å². The van der Waals surface area contributed by atoms with Crippen LogP contribution in [0, 0.1) is 23.0 Å². The van der Waals surface area contributed by atoms with Gasteiger partial charge in [0.15, 0.2) is 0 Å². The first kappa shape index (κ1) is 15.4. The average Bonchev–Trinajstić information content (AvgIpc) is 2.45. The van der Waals surface area contributed by atoms with E-state index in [1.165, 1.54) is 12.1 Å². The summed E-state index contributed by atoms with van der Waals surface area (Å²) in [7, 11) is 0. The van der Waals surface area contributed by atoms with Crippen LogP contribution < -0.4 is 5.73 Å². The summed E-state index contributed by atoms with van der Waals surface area (Å²) >= 11 is 0. The highest BCUT2D eigenvalue weighted by Crippen LogP contribution is 2.26. The van der Waals surface area contributed by atoms with E-state index in [9.17, 15) is 14.9 Å². The standard InChI is InChI=1S/C15H21N3O3/c1-10-6-12(8-13(7-10)18(20)21)15(19)17-5-3-4-11(2)14(17)9-16/h6-8,11,14H,3-5,9,16H2,1-2H3. The molecular formula is C15H21N3O3. The second-order valence-corrected chi connectivity index (χ2v) is 5.74. The van der Waals surface area contributed by atoms with Crippen molar-refractivity contribution in [1.29, 1.82) is 0 Å². The van der Waals surface area contributed by atoms with Crippen LogP contribution in [0.3, 0.4) is 0 Å². The minimum Gasteiger partial charge on any atom is -0.334 e. The Hall–Kier alpha value is -1.95. The normalized spacial score (nSPS) is 22.1. The fourth-order valence-corrected chi connectivity index (χ4v) is 3.02. The third-order valence-corrected chi connectivity index (χ3v) is 4.14. The minimum atomic E-state index is -0.469. The van der Waals surface area contributed by atoms with Crippen molar-refractivity contribution in [1.82, 2.24) is 4.90 Å². The van der Waals surface area contributed by atoms with Crippen molar-refractivity contribution in [2.45, 2.75) is 32.7 Å². The van der Waals surface area contributed by atoms with Crippen molar-refractivity contribution < 1.29 is 9.72 Å². The number of nitro benzene ring substituents is 1. The lowest BCUT2D eigenvalue weighted by molar-refractivity contribution is -0.384. The van der Waals surface area contributed by atoms with Crippen LogP contribution in [0.2, 0.25) is 0 Å². The number of piperidine rings is 1. The quantitative estimate of drug-likeness (QED) is 0.682. The summed E-state index contributed by atoms with van der Waals surface area (Å²) in [5.74, 6) is 0.191. The van der Waals surface area contributed by atoms with E-state index >= 15 is 0 Å². The molecule has 0 saturated carbocycles. The molecule has 1 aliphatic heterocycles. The maximum Gasteiger partial charge on any atom is 0.270 e. The van der Waals surface area contributed by atoms with Gasteiger partial charge in [0.05, 0.1) is 4.92 Å². The van der Waals surface area contributed by atoms with Crippen LogP contribution in [0.4, 0.5) is 5.69 Å². The lowest BCUT2D eigenvalue weighted by Gasteiger charge is -2.39. The number of carbonyl (C=O) groups is 1. The molecule has 21 heavy (non-hydrogen) atoms. The maximum atomic E-state index is 12.7. The van der Waals surface area contributed by atoms with Gasteiger partial charge in [0.2, 0.25) is 0 Å². The molecule has 0 radical (unpaired) electrons. The third kappa shape index (κ3) is 3.21. The van der Waals surface area contributed by atoms with Crippen LogP contribution in [-0.2, 0) is 0 Å². The van der Waals surface area contributed by atoms with E-state index < -0.39 is 4.92 Å². The number of hydrogen-bond acceptors (Lipinski definition) is 4. The molecule has 114 valence electrons.